The van der Waals surface area contributed by atoms with Crippen LogP contribution in [-0.4, -0.2) is 28.6 Å². The van der Waals surface area contributed by atoms with E-state index in [1.54, 1.807) is 45.0 Å². The van der Waals surface area contributed by atoms with Gasteiger partial charge in [-0.3, -0.25) is 4.89 Å². The lowest BCUT2D eigenvalue weighted by molar-refractivity contribution is -0.553. The highest BCUT2D eigenvalue weighted by atomic mass is 17.5. The van der Waals surface area contributed by atoms with Crippen LogP contribution < -0.4 is 0 Å². The van der Waals surface area contributed by atoms with Crippen molar-refractivity contribution in [2.24, 2.45) is 11.3 Å². The minimum Gasteiger partial charge on any atom is -0.263 e. The number of carbonyl (C=O) groups is 1. The van der Waals surface area contributed by atoms with Gasteiger partial charge in [0, 0.05) is 12.8 Å². The number of rotatable bonds is 13. The van der Waals surface area contributed by atoms with E-state index in [1.807, 2.05) is 6.07 Å². The summed E-state index contributed by atoms with van der Waals surface area (Å²) in [5.41, 5.74) is -0.662. The molecule has 0 N–H and O–H groups in total. The Bertz CT molecular complexity index is 835. The second-order valence-electron chi connectivity index (χ2n) is 14.1. The normalized spacial score (nSPS) is 18.9. The van der Waals surface area contributed by atoms with Crippen molar-refractivity contribution in [2.45, 2.75) is 151 Å². The van der Waals surface area contributed by atoms with E-state index < -0.39 is 17.4 Å². The first kappa shape index (κ1) is 36.5. The Labute approximate surface area is 243 Å². The number of benzene rings is 1. The van der Waals surface area contributed by atoms with Gasteiger partial charge in [0.15, 0.2) is 0 Å². The molecule has 0 saturated heterocycles. The molecule has 0 heterocycles. The first-order valence-electron chi connectivity index (χ1n) is 14.7. The monoisotopic (exact) mass is 568 g/mol. The summed E-state index contributed by atoms with van der Waals surface area (Å²) in [7, 11) is 0. The van der Waals surface area contributed by atoms with Crippen LogP contribution >= 0.6 is 0 Å². The van der Waals surface area contributed by atoms with E-state index in [0.29, 0.717) is 11.5 Å². The summed E-state index contributed by atoms with van der Waals surface area (Å²) in [6, 6.07) is 8.54. The fraction of sp³-hybridized carbons (Fsp3) is 0.781. The van der Waals surface area contributed by atoms with Crippen molar-refractivity contribution in [1.82, 2.24) is 0 Å². The smallest absolute Gasteiger partial charge is 0.263 e. The van der Waals surface area contributed by atoms with Crippen LogP contribution in [0.25, 0.3) is 0 Å². The summed E-state index contributed by atoms with van der Waals surface area (Å²) in [4.78, 5) is 44.3. The molecule has 1 atom stereocenters. The van der Waals surface area contributed by atoms with Crippen LogP contribution in [0.15, 0.2) is 30.3 Å². The topological polar surface area (TPSA) is 81.7 Å². The van der Waals surface area contributed by atoms with E-state index in [4.69, 9.17) is 24.4 Å². The molecule has 1 aromatic carbocycles. The fourth-order valence-electron chi connectivity index (χ4n) is 5.00. The summed E-state index contributed by atoms with van der Waals surface area (Å²) in [6.45, 7) is 24.7. The maximum atomic E-state index is 11.3. The van der Waals surface area contributed by atoms with E-state index in [1.165, 1.54) is 0 Å². The van der Waals surface area contributed by atoms with Crippen molar-refractivity contribution in [3.63, 3.8) is 0 Å². The first-order valence-corrected chi connectivity index (χ1v) is 14.7. The highest BCUT2D eigenvalue weighted by Gasteiger charge is 2.49. The molecule has 1 aliphatic carbocycles. The van der Waals surface area contributed by atoms with Crippen LogP contribution in [0.5, 0.6) is 0 Å². The molecule has 1 aromatic rings. The van der Waals surface area contributed by atoms with Crippen molar-refractivity contribution in [3.05, 3.63) is 35.9 Å². The van der Waals surface area contributed by atoms with Gasteiger partial charge in [0.2, 0.25) is 5.79 Å². The Balaban J connectivity index is 0.000000453. The lowest BCUT2D eigenvalue weighted by atomic mass is 9.70. The molecular formula is C32H56O8. The van der Waals surface area contributed by atoms with Gasteiger partial charge in [-0.15, -0.1) is 0 Å². The van der Waals surface area contributed by atoms with E-state index in [0.717, 1.165) is 44.9 Å². The molecule has 2 rings (SSSR count). The largest absolute Gasteiger partial charge is 0.376 e. The van der Waals surface area contributed by atoms with Crippen LogP contribution in [0, 0.1) is 11.3 Å². The standard InChI is InChI=1S/C21H42O4.C11H14O4/c1-10-12-19(6,7)22-24-21(25-23-20(8,9)13-11-2)15-17(3)14-18(4,5)16-21;1-11(2,3)14-15-13-10(12)9-7-5-4-6-8-9/h17H,10-16H2,1-9H3;4-8H,1-3H3. The summed E-state index contributed by atoms with van der Waals surface area (Å²) in [6.07, 6.45) is 6.65. The predicted molar refractivity (Wildman–Crippen MR) is 156 cm³/mol. The predicted octanol–water partition coefficient (Wildman–Crippen LogP) is 9.09. The Kier molecular flexibility index (Phi) is 14.2. The molecule has 1 saturated carbocycles. The van der Waals surface area contributed by atoms with Gasteiger partial charge < -0.3 is 0 Å². The van der Waals surface area contributed by atoms with Crippen molar-refractivity contribution >= 4 is 5.97 Å². The molecular weight excluding hydrogens is 512 g/mol. The van der Waals surface area contributed by atoms with Gasteiger partial charge in [0.25, 0.3) is 0 Å². The van der Waals surface area contributed by atoms with E-state index in [2.05, 4.69) is 72.2 Å². The molecule has 40 heavy (non-hydrogen) atoms. The maximum Gasteiger partial charge on any atom is 0.376 e. The second kappa shape index (κ2) is 15.6. The third-order valence-electron chi connectivity index (χ3n) is 6.25. The number of carbonyl (C=O) groups excluding carboxylic acids is 1. The fourth-order valence-corrected chi connectivity index (χ4v) is 5.00. The van der Waals surface area contributed by atoms with Gasteiger partial charge in [-0.05, 0) is 96.2 Å². The molecule has 0 radical (unpaired) electrons. The Hall–Kier alpha value is -1.55. The van der Waals surface area contributed by atoms with Crippen molar-refractivity contribution in [2.75, 3.05) is 0 Å². The van der Waals surface area contributed by atoms with Crippen molar-refractivity contribution < 1.29 is 39.2 Å². The van der Waals surface area contributed by atoms with Gasteiger partial charge in [0.05, 0.1) is 22.4 Å². The third kappa shape index (κ3) is 14.9. The third-order valence-corrected chi connectivity index (χ3v) is 6.25. The summed E-state index contributed by atoms with van der Waals surface area (Å²) in [5.74, 6) is -0.948. The Morgan fingerprint density at radius 1 is 0.825 bits per heavy atom. The minimum atomic E-state index is -0.850. The van der Waals surface area contributed by atoms with Gasteiger partial charge in [-0.1, -0.05) is 65.7 Å². The lowest BCUT2D eigenvalue weighted by Crippen LogP contribution is -2.49. The van der Waals surface area contributed by atoms with E-state index in [9.17, 15) is 4.79 Å². The average Bonchev–Trinajstić information content (AvgIpc) is 2.81. The highest BCUT2D eigenvalue weighted by Crippen LogP contribution is 2.47. The number of hydrogen-bond acceptors (Lipinski definition) is 8. The zero-order valence-electron chi connectivity index (χ0n) is 27.2. The number of hydrogen-bond donors (Lipinski definition) is 0. The van der Waals surface area contributed by atoms with Gasteiger partial charge in [0.1, 0.15) is 0 Å². The van der Waals surface area contributed by atoms with Gasteiger partial charge in [-0.2, -0.15) is 14.7 Å². The SMILES string of the molecule is CC(C)(C)OOOC(=O)c1ccccc1.CCCC(C)(C)OOC1(OOC(C)(C)CCC)CC(C)CC(C)(C)C1. The molecule has 0 aromatic heterocycles. The summed E-state index contributed by atoms with van der Waals surface area (Å²) >= 11 is 0. The van der Waals surface area contributed by atoms with Crippen molar-refractivity contribution in [1.29, 1.82) is 0 Å². The quantitative estimate of drug-likeness (QED) is 0.132. The maximum absolute atomic E-state index is 11.3. The molecule has 0 aliphatic heterocycles. The lowest BCUT2D eigenvalue weighted by Gasteiger charge is -2.46. The molecule has 0 spiro atoms. The van der Waals surface area contributed by atoms with Crippen LogP contribution in [0.1, 0.15) is 138 Å². The second-order valence-corrected chi connectivity index (χ2v) is 14.1. The first-order chi connectivity index (χ1) is 18.3. The molecule has 0 amide bonds. The van der Waals surface area contributed by atoms with Gasteiger partial charge >= 0.3 is 5.97 Å². The van der Waals surface area contributed by atoms with E-state index in [-0.39, 0.29) is 16.6 Å². The van der Waals surface area contributed by atoms with Crippen LogP contribution in [-0.2, 0) is 34.4 Å². The molecule has 1 aliphatic rings. The highest BCUT2D eigenvalue weighted by molar-refractivity contribution is 5.88. The average molecular weight is 569 g/mol. The zero-order chi connectivity index (χ0) is 30.7. The Morgan fingerprint density at radius 2 is 1.32 bits per heavy atom. The summed E-state index contributed by atoms with van der Waals surface area (Å²) < 4.78 is 0. The van der Waals surface area contributed by atoms with E-state index >= 15 is 0 Å². The van der Waals surface area contributed by atoms with Crippen LogP contribution in [0.4, 0.5) is 0 Å². The minimum absolute atomic E-state index is 0.119. The zero-order valence-corrected chi connectivity index (χ0v) is 27.2. The van der Waals surface area contributed by atoms with Crippen LogP contribution in [0.2, 0.25) is 0 Å². The molecule has 8 nitrogen and oxygen atoms in total. The molecule has 232 valence electrons. The summed E-state index contributed by atoms with van der Waals surface area (Å²) in [5, 5.41) is 4.36. The van der Waals surface area contributed by atoms with Crippen molar-refractivity contribution in [3.8, 4) is 0 Å². The van der Waals surface area contributed by atoms with Gasteiger partial charge in [-0.25, -0.2) is 14.6 Å². The molecule has 1 unspecified atom stereocenters. The molecule has 0 bridgehead atoms. The Morgan fingerprint density at radius 3 is 1.75 bits per heavy atom. The molecule has 1 fully saturated rings. The van der Waals surface area contributed by atoms with Crippen LogP contribution in [0.3, 0.4) is 0 Å². The molecule has 8 heteroatoms.